The molecule has 1 fully saturated rings. The van der Waals surface area contributed by atoms with Gasteiger partial charge in [0.2, 0.25) is 0 Å². The number of aromatic nitrogens is 4. The molecule has 6 N–H and O–H groups in total. The van der Waals surface area contributed by atoms with Crippen LogP contribution in [-0.4, -0.2) is 65.0 Å². The van der Waals surface area contributed by atoms with E-state index in [2.05, 4.69) is 28.1 Å². The Bertz CT molecular complexity index is 1090. The van der Waals surface area contributed by atoms with Crippen molar-refractivity contribution in [2.24, 2.45) is 0 Å². The van der Waals surface area contributed by atoms with E-state index in [4.69, 9.17) is 25.0 Å². The van der Waals surface area contributed by atoms with Crippen LogP contribution in [0.4, 0.5) is 5.82 Å². The van der Waals surface area contributed by atoms with Crippen LogP contribution in [0.15, 0.2) is 12.7 Å². The monoisotopic (exact) mass is 505 g/mol. The van der Waals surface area contributed by atoms with Gasteiger partial charge in [-0.25, -0.2) is 28.6 Å². The second kappa shape index (κ2) is 8.90. The van der Waals surface area contributed by atoms with Gasteiger partial charge in [0.25, 0.3) is 0 Å². The van der Waals surface area contributed by atoms with E-state index >= 15 is 0 Å². The Balaban J connectivity index is 1.67. The lowest BCUT2D eigenvalue weighted by Crippen LogP contribution is -2.21. The number of nitrogen functional groups attached to an aromatic ring is 1. The first-order chi connectivity index (χ1) is 14.3. The number of phosphoric acid groups is 3. The normalized spacial score (nSPS) is 26.0. The number of hydrogen-bond acceptors (Lipinski definition) is 12. The van der Waals surface area contributed by atoms with Gasteiger partial charge in [0.15, 0.2) is 17.7 Å². The van der Waals surface area contributed by atoms with Gasteiger partial charge in [-0.3, -0.25) is 9.09 Å². The van der Waals surface area contributed by atoms with Gasteiger partial charge in [-0.05, 0) is 0 Å². The van der Waals surface area contributed by atoms with E-state index in [0.29, 0.717) is 11.2 Å². The summed E-state index contributed by atoms with van der Waals surface area (Å²) >= 11 is 0. The molecule has 0 amide bonds. The van der Waals surface area contributed by atoms with Gasteiger partial charge in [-0.2, -0.15) is 8.62 Å². The molecule has 1 saturated heterocycles. The predicted molar refractivity (Wildman–Crippen MR) is 98.9 cm³/mol. The van der Waals surface area contributed by atoms with E-state index in [1.54, 1.807) is 0 Å². The van der Waals surface area contributed by atoms with Crippen LogP contribution in [0, 0.1) is 0 Å². The number of rotatable bonds is 9. The maximum atomic E-state index is 11.9. The number of fused-ring (bicyclic) bond motifs is 1. The van der Waals surface area contributed by atoms with Crippen molar-refractivity contribution >= 4 is 40.4 Å². The average molecular weight is 505 g/mol. The summed E-state index contributed by atoms with van der Waals surface area (Å²) in [5, 5.41) is 0. The van der Waals surface area contributed by atoms with Crippen molar-refractivity contribution in [3.63, 3.8) is 0 Å². The second-order valence-corrected chi connectivity index (χ2v) is 10.5. The van der Waals surface area contributed by atoms with Crippen LogP contribution in [0.1, 0.15) is 12.6 Å². The minimum Gasteiger partial charge on any atom is -0.382 e. The predicted octanol–water partition coefficient (Wildman–Crippen LogP) is 0.0543. The van der Waals surface area contributed by atoms with Gasteiger partial charge in [0.1, 0.15) is 17.9 Å². The third kappa shape index (κ3) is 6.14. The highest BCUT2D eigenvalue weighted by Crippen LogP contribution is 2.66. The van der Waals surface area contributed by atoms with Crippen LogP contribution in [0.3, 0.4) is 0 Å². The molecule has 0 aliphatic carbocycles. The second-order valence-electron chi connectivity index (χ2n) is 6.13. The minimum atomic E-state index is -5.60. The van der Waals surface area contributed by atoms with E-state index in [-0.39, 0.29) is 12.2 Å². The van der Waals surface area contributed by atoms with Crippen LogP contribution in [0.5, 0.6) is 0 Å². The Labute approximate surface area is 173 Å². The minimum absolute atomic E-state index is 0.153. The van der Waals surface area contributed by atoms with Crippen molar-refractivity contribution in [2.45, 2.75) is 24.9 Å². The van der Waals surface area contributed by atoms with E-state index in [1.807, 2.05) is 0 Å². The third-order valence-corrected chi connectivity index (χ3v) is 7.75. The fourth-order valence-electron chi connectivity index (χ4n) is 2.82. The lowest BCUT2D eigenvalue weighted by atomic mass is 10.2. The lowest BCUT2D eigenvalue weighted by molar-refractivity contribution is -0.0577. The standard InChI is InChI=1S/C11H18N5O12P3/c1-24-7-2-6(3-25-30(20,21)28-31(22,23)27-29(17,18)19)26-11(7)16-5-15-8-9(12)13-4-14-10(8)16/h4-7,11H,2-3H2,1H3,(H,20,21)(H,22,23)(H2,12,13,14)(H2,17,18,19)/t6?,7-,11-/m1/s1. The first-order valence-electron chi connectivity index (χ1n) is 8.20. The summed E-state index contributed by atoms with van der Waals surface area (Å²) in [7, 11) is -14.9. The van der Waals surface area contributed by atoms with Crippen molar-refractivity contribution in [1.29, 1.82) is 0 Å². The number of nitrogens with two attached hydrogens (primary N) is 1. The number of nitrogens with zero attached hydrogens (tertiary/aromatic N) is 4. The molecule has 5 atom stereocenters. The molecule has 0 bridgehead atoms. The molecule has 1 aliphatic heterocycles. The van der Waals surface area contributed by atoms with E-state index in [0.717, 1.165) is 0 Å². The Morgan fingerprint density at radius 2 is 1.87 bits per heavy atom. The van der Waals surface area contributed by atoms with E-state index in [9.17, 15) is 23.5 Å². The van der Waals surface area contributed by atoms with Gasteiger partial charge in [-0.15, -0.1) is 0 Å². The third-order valence-electron chi connectivity index (χ3n) is 3.95. The molecular weight excluding hydrogens is 487 g/mol. The summed E-state index contributed by atoms with van der Waals surface area (Å²) in [5.41, 5.74) is 6.44. The fourth-order valence-corrected chi connectivity index (χ4v) is 5.87. The zero-order valence-electron chi connectivity index (χ0n) is 15.6. The molecule has 3 unspecified atom stereocenters. The van der Waals surface area contributed by atoms with Gasteiger partial charge in [-0.1, -0.05) is 0 Å². The van der Waals surface area contributed by atoms with Gasteiger partial charge in [0.05, 0.1) is 19.0 Å². The molecule has 0 radical (unpaired) electrons. The molecule has 31 heavy (non-hydrogen) atoms. The zero-order chi connectivity index (χ0) is 23.0. The summed E-state index contributed by atoms with van der Waals surface area (Å²) in [4.78, 5) is 47.8. The molecule has 3 rings (SSSR count). The van der Waals surface area contributed by atoms with Gasteiger partial charge >= 0.3 is 23.5 Å². The number of ether oxygens (including phenoxy) is 2. The molecule has 0 spiro atoms. The van der Waals surface area contributed by atoms with Crippen LogP contribution in [-0.2, 0) is 36.3 Å². The summed E-state index contributed by atoms with van der Waals surface area (Å²) in [5.74, 6) is 0.153. The van der Waals surface area contributed by atoms with Crippen LogP contribution in [0.2, 0.25) is 0 Å². The molecule has 20 heteroatoms. The summed E-state index contributed by atoms with van der Waals surface area (Å²) in [6.45, 7) is -0.607. The summed E-state index contributed by atoms with van der Waals surface area (Å²) in [6.07, 6.45) is 0.603. The molecule has 174 valence electrons. The number of imidazole rings is 1. The number of anilines is 1. The van der Waals surface area contributed by atoms with Crippen molar-refractivity contribution < 1.29 is 55.9 Å². The molecule has 17 nitrogen and oxygen atoms in total. The van der Waals surface area contributed by atoms with E-state index in [1.165, 1.54) is 24.3 Å². The highest BCUT2D eigenvalue weighted by Gasteiger charge is 2.43. The molecule has 2 aromatic heterocycles. The molecule has 3 heterocycles. The maximum Gasteiger partial charge on any atom is 0.490 e. The number of hydrogen-bond donors (Lipinski definition) is 5. The highest BCUT2D eigenvalue weighted by atomic mass is 31.3. The quantitative estimate of drug-likeness (QED) is 0.282. The van der Waals surface area contributed by atoms with Gasteiger partial charge < -0.3 is 34.8 Å². The maximum absolute atomic E-state index is 11.9. The fraction of sp³-hybridized carbons (Fsp3) is 0.545. The molecule has 1 aliphatic rings. The van der Waals surface area contributed by atoms with E-state index < -0.39 is 48.5 Å². The first kappa shape index (κ1) is 24.3. The molecule has 0 saturated carbocycles. The van der Waals surface area contributed by atoms with Gasteiger partial charge in [0, 0.05) is 13.5 Å². The Morgan fingerprint density at radius 1 is 1.16 bits per heavy atom. The summed E-state index contributed by atoms with van der Waals surface area (Å²) in [6, 6.07) is 0. The highest BCUT2D eigenvalue weighted by molar-refractivity contribution is 7.66. The average Bonchev–Trinajstić information content (AvgIpc) is 3.21. The Kier molecular flexibility index (Phi) is 6.99. The van der Waals surface area contributed by atoms with Crippen LogP contribution < -0.4 is 5.73 Å². The number of methoxy groups -OCH3 is 1. The molecule has 0 aromatic carbocycles. The Hall–Kier alpha value is -1.32. The molecular formula is C11H18N5O12P3. The topological polar surface area (TPSA) is 248 Å². The van der Waals surface area contributed by atoms with Crippen LogP contribution in [0.25, 0.3) is 11.2 Å². The summed E-state index contributed by atoms with van der Waals surface area (Å²) < 4.78 is 58.4. The zero-order valence-corrected chi connectivity index (χ0v) is 18.2. The number of phosphoric ester groups is 1. The van der Waals surface area contributed by atoms with Crippen molar-refractivity contribution in [3.05, 3.63) is 12.7 Å². The van der Waals surface area contributed by atoms with Crippen molar-refractivity contribution in [3.8, 4) is 0 Å². The molecule has 2 aromatic rings. The van der Waals surface area contributed by atoms with Crippen LogP contribution >= 0.6 is 23.5 Å². The SMILES string of the molecule is CO[C@@H]1CC(COP(=O)(O)OP(=O)(O)OP(=O)(O)O)O[C@H]1n1cnc2c(N)ncnc21. The smallest absolute Gasteiger partial charge is 0.382 e. The van der Waals surface area contributed by atoms with Crippen molar-refractivity contribution in [2.75, 3.05) is 19.5 Å². The Morgan fingerprint density at radius 3 is 2.52 bits per heavy atom. The first-order valence-corrected chi connectivity index (χ1v) is 12.7. The van der Waals surface area contributed by atoms with Crippen molar-refractivity contribution in [1.82, 2.24) is 19.5 Å². The largest absolute Gasteiger partial charge is 0.490 e. The lowest BCUT2D eigenvalue weighted by Gasteiger charge is -2.19.